The molecule has 8 nitrogen and oxygen atoms in total. The van der Waals surface area contributed by atoms with Gasteiger partial charge in [-0.05, 0) is 55.4 Å². The van der Waals surface area contributed by atoms with Crippen LogP contribution in [0.4, 0.5) is 0 Å². The number of hydrogen-bond acceptors (Lipinski definition) is 7. The van der Waals surface area contributed by atoms with E-state index in [1.165, 1.54) is 6.07 Å². The summed E-state index contributed by atoms with van der Waals surface area (Å²) in [5.74, 6) is -1.18. The van der Waals surface area contributed by atoms with Crippen LogP contribution in [0.5, 0.6) is 11.5 Å². The lowest BCUT2D eigenvalue weighted by atomic mass is 10.0. The number of carbonyl (C=O) groups is 2. The van der Waals surface area contributed by atoms with E-state index in [0.29, 0.717) is 5.70 Å². The summed E-state index contributed by atoms with van der Waals surface area (Å²) in [5.41, 5.74) is 3.39. The molecule has 1 atom stereocenters. The lowest BCUT2D eigenvalue weighted by molar-refractivity contribution is -0.139. The fourth-order valence-electron chi connectivity index (χ4n) is 3.64. The first-order chi connectivity index (χ1) is 15.4. The molecule has 2 aliphatic heterocycles. The van der Waals surface area contributed by atoms with E-state index in [2.05, 4.69) is 5.48 Å². The van der Waals surface area contributed by atoms with Gasteiger partial charge in [0.15, 0.2) is 6.61 Å². The average molecular weight is 443 g/mol. The monoisotopic (exact) mass is 442 g/mol. The topological polar surface area (TPSA) is 108 Å². The predicted molar refractivity (Wildman–Crippen MR) is 120 cm³/mol. The van der Waals surface area contributed by atoms with Crippen molar-refractivity contribution < 1.29 is 29.4 Å². The zero-order chi connectivity index (χ0) is 22.9. The summed E-state index contributed by atoms with van der Waals surface area (Å²) in [6, 6.07) is 2.43. The summed E-state index contributed by atoms with van der Waals surface area (Å²) < 4.78 is 5.25. The smallest absolute Gasteiger partial charge is 0.342 e. The number of aromatic hydroxyl groups is 2. The van der Waals surface area contributed by atoms with Gasteiger partial charge in [-0.15, -0.1) is 0 Å². The number of piperidine rings is 1. The summed E-state index contributed by atoms with van der Waals surface area (Å²) in [6.45, 7) is 3.45. The molecule has 0 aliphatic carbocycles. The van der Waals surface area contributed by atoms with Crippen molar-refractivity contribution in [1.29, 1.82) is 0 Å². The van der Waals surface area contributed by atoms with Crippen molar-refractivity contribution in [2.75, 3.05) is 26.3 Å². The number of esters is 1. The Hall–Kier alpha value is -3.26. The fourth-order valence-corrected chi connectivity index (χ4v) is 3.64. The predicted octanol–water partition coefficient (Wildman–Crippen LogP) is 3.28. The summed E-state index contributed by atoms with van der Waals surface area (Å²) in [6.07, 6.45) is 12.8. The van der Waals surface area contributed by atoms with Crippen LogP contribution in [0.2, 0.25) is 0 Å². The number of cyclic esters (lactones) is 1. The standard InChI is InChI=1S/C24H30N2O6/c1-17-7-5-9-19(25-32-16-22(29)26-10-3-2-4-11-26)13-18-14-20(27)15-21(28)23(18)24(30)31-12-6-8-17/h5-6,8-9,13-15,17,25,27-28H,2-4,7,10-12,16H2,1H3/b8-6?,9-5?,19-13-. The third-order valence-corrected chi connectivity index (χ3v) is 5.32. The van der Waals surface area contributed by atoms with Crippen LogP contribution in [0.1, 0.15) is 48.5 Å². The van der Waals surface area contributed by atoms with Crippen molar-refractivity contribution in [3.63, 3.8) is 0 Å². The number of rotatable bonds is 4. The minimum atomic E-state index is -0.713. The van der Waals surface area contributed by atoms with Gasteiger partial charge in [-0.3, -0.25) is 15.1 Å². The maximum Gasteiger partial charge on any atom is 0.342 e. The molecule has 1 saturated heterocycles. The van der Waals surface area contributed by atoms with Gasteiger partial charge in [0.1, 0.15) is 23.7 Å². The summed E-state index contributed by atoms with van der Waals surface area (Å²) in [5, 5.41) is 20.2. The first-order valence-corrected chi connectivity index (χ1v) is 10.9. The van der Waals surface area contributed by atoms with Gasteiger partial charge in [0.25, 0.3) is 5.91 Å². The van der Waals surface area contributed by atoms with Crippen molar-refractivity contribution >= 4 is 18.0 Å². The molecule has 0 aromatic heterocycles. The Kier molecular flexibility index (Phi) is 8.33. The number of fused-ring (bicyclic) bond motifs is 1. The van der Waals surface area contributed by atoms with Crippen molar-refractivity contribution in [3.05, 3.63) is 53.3 Å². The molecule has 32 heavy (non-hydrogen) atoms. The second kappa shape index (κ2) is 11.4. The molecule has 0 saturated carbocycles. The summed E-state index contributed by atoms with van der Waals surface area (Å²) in [7, 11) is 0. The van der Waals surface area contributed by atoms with Crippen LogP contribution in [-0.4, -0.2) is 53.3 Å². The number of amides is 1. The van der Waals surface area contributed by atoms with Crippen LogP contribution < -0.4 is 5.48 Å². The first kappa shape index (κ1) is 23.4. The molecule has 8 heteroatoms. The number of ether oxygens (including phenoxy) is 1. The van der Waals surface area contributed by atoms with Gasteiger partial charge < -0.3 is 19.8 Å². The van der Waals surface area contributed by atoms with E-state index in [1.807, 2.05) is 19.1 Å². The lowest BCUT2D eigenvalue weighted by Crippen LogP contribution is -2.39. The number of benzene rings is 1. The molecule has 3 rings (SSSR count). The largest absolute Gasteiger partial charge is 0.508 e. The van der Waals surface area contributed by atoms with E-state index < -0.39 is 11.7 Å². The summed E-state index contributed by atoms with van der Waals surface area (Å²) in [4.78, 5) is 32.1. The van der Waals surface area contributed by atoms with Crippen molar-refractivity contribution in [2.45, 2.75) is 32.6 Å². The number of phenolic OH excluding ortho intramolecular Hbond substituents is 2. The first-order valence-electron chi connectivity index (χ1n) is 10.9. The average Bonchev–Trinajstić information content (AvgIpc) is 2.77. The van der Waals surface area contributed by atoms with E-state index in [9.17, 15) is 19.8 Å². The maximum absolute atomic E-state index is 12.6. The second-order valence-corrected chi connectivity index (χ2v) is 8.00. The quantitative estimate of drug-likeness (QED) is 0.373. The van der Waals surface area contributed by atoms with E-state index in [-0.39, 0.29) is 41.9 Å². The normalized spacial score (nSPS) is 21.3. The van der Waals surface area contributed by atoms with Gasteiger partial charge >= 0.3 is 5.97 Å². The van der Waals surface area contributed by atoms with Gasteiger partial charge in [0, 0.05) is 19.2 Å². The highest BCUT2D eigenvalue weighted by Gasteiger charge is 2.19. The van der Waals surface area contributed by atoms with Gasteiger partial charge in [0.05, 0.1) is 5.70 Å². The van der Waals surface area contributed by atoms with Crippen LogP contribution in [-0.2, 0) is 14.4 Å². The van der Waals surface area contributed by atoms with E-state index in [0.717, 1.165) is 44.8 Å². The Morgan fingerprint density at radius 3 is 2.78 bits per heavy atom. The fraction of sp³-hybridized carbons (Fsp3) is 0.417. The molecule has 1 amide bonds. The molecule has 1 aromatic rings. The SMILES string of the molecule is CC1C=CCOC(=O)c2c(O)cc(O)cc2/C=C(\NOCC(=O)N2CCCCC2)C=CC1. The molecule has 0 bridgehead atoms. The number of carbonyl (C=O) groups excluding carboxylic acids is 2. The molecule has 2 heterocycles. The molecule has 172 valence electrons. The molecule has 2 aliphatic rings. The number of hydrogen-bond donors (Lipinski definition) is 3. The van der Waals surface area contributed by atoms with Crippen LogP contribution in [0.15, 0.2) is 42.1 Å². The number of nitrogens with zero attached hydrogens (tertiary/aromatic N) is 1. The Labute approximate surface area is 187 Å². The molecule has 0 radical (unpaired) electrons. The molecular formula is C24H30N2O6. The molecule has 1 unspecified atom stereocenters. The highest BCUT2D eigenvalue weighted by Crippen LogP contribution is 2.30. The number of allylic oxidation sites excluding steroid dienone is 3. The van der Waals surface area contributed by atoms with E-state index >= 15 is 0 Å². The lowest BCUT2D eigenvalue weighted by Gasteiger charge is -2.26. The minimum Gasteiger partial charge on any atom is -0.508 e. The number of likely N-dealkylation sites (tertiary alicyclic amines) is 1. The molecule has 0 spiro atoms. The molecule has 1 aromatic carbocycles. The van der Waals surface area contributed by atoms with Gasteiger partial charge in [-0.25, -0.2) is 4.79 Å². The highest BCUT2D eigenvalue weighted by atomic mass is 16.6. The number of hydroxylamine groups is 1. The maximum atomic E-state index is 12.6. The van der Waals surface area contributed by atoms with Crippen LogP contribution in [0, 0.1) is 5.92 Å². The van der Waals surface area contributed by atoms with E-state index in [1.54, 1.807) is 23.1 Å². The third kappa shape index (κ3) is 6.62. The summed E-state index contributed by atoms with van der Waals surface area (Å²) >= 11 is 0. The second-order valence-electron chi connectivity index (χ2n) is 8.00. The van der Waals surface area contributed by atoms with Crippen molar-refractivity contribution in [2.24, 2.45) is 5.92 Å². The minimum absolute atomic E-state index is 0.0689. The Balaban J connectivity index is 1.82. The number of phenols is 2. The van der Waals surface area contributed by atoms with Gasteiger partial charge in [0.2, 0.25) is 0 Å². The third-order valence-electron chi connectivity index (χ3n) is 5.32. The van der Waals surface area contributed by atoms with Crippen LogP contribution in [0.25, 0.3) is 6.08 Å². The zero-order valence-corrected chi connectivity index (χ0v) is 18.3. The van der Waals surface area contributed by atoms with Gasteiger partial charge in [-0.1, -0.05) is 25.2 Å². The molecule has 1 fully saturated rings. The van der Waals surface area contributed by atoms with Gasteiger partial charge in [-0.2, -0.15) is 0 Å². The Bertz CT molecular complexity index is 915. The highest BCUT2D eigenvalue weighted by molar-refractivity contribution is 5.97. The van der Waals surface area contributed by atoms with Crippen LogP contribution >= 0.6 is 0 Å². The van der Waals surface area contributed by atoms with Crippen LogP contribution in [0.3, 0.4) is 0 Å². The Morgan fingerprint density at radius 2 is 2.00 bits per heavy atom. The van der Waals surface area contributed by atoms with Crippen molar-refractivity contribution in [3.8, 4) is 11.5 Å². The van der Waals surface area contributed by atoms with Crippen molar-refractivity contribution in [1.82, 2.24) is 10.4 Å². The van der Waals surface area contributed by atoms with E-state index in [4.69, 9.17) is 9.57 Å². The zero-order valence-electron chi connectivity index (χ0n) is 18.3. The Morgan fingerprint density at radius 1 is 1.22 bits per heavy atom. The molecular weight excluding hydrogens is 412 g/mol. The number of nitrogens with one attached hydrogen (secondary N) is 1. The molecule has 3 N–H and O–H groups in total.